The number of hydrogen-bond acceptors (Lipinski definition) is 3. The molecule has 1 aromatic rings. The third kappa shape index (κ3) is 14.5. The zero-order valence-electron chi connectivity index (χ0n) is 18.1. The Labute approximate surface area is 177 Å². The van der Waals surface area contributed by atoms with Gasteiger partial charge in [0.2, 0.25) is 5.91 Å². The Kier molecular flexibility index (Phi) is 15.8. The van der Waals surface area contributed by atoms with Gasteiger partial charge in [-0.2, -0.15) is 0 Å². The standard InChI is InChI=1S/C23H40NO4P/c1-2-3-4-5-6-7-8-9-10-11-12-13-14-19-23(25)24-22-18-16-15-17-21(22)20-28-29(26)27/h15-18,29H,2-14,19-20H2,1H3,(H,24,25)(H,26,27). The predicted molar refractivity (Wildman–Crippen MR) is 121 cm³/mol. The fraction of sp³-hybridized carbons (Fsp3) is 0.696. The molecule has 0 aliphatic carbocycles. The molecule has 5 nitrogen and oxygen atoms in total. The molecule has 0 fully saturated rings. The first kappa shape index (κ1) is 25.9. The Balaban J connectivity index is 2.03. The van der Waals surface area contributed by atoms with Crippen LogP contribution < -0.4 is 5.32 Å². The lowest BCUT2D eigenvalue weighted by molar-refractivity contribution is -0.116. The molecule has 0 saturated carbocycles. The molecule has 6 heteroatoms. The van der Waals surface area contributed by atoms with Gasteiger partial charge < -0.3 is 14.7 Å². The van der Waals surface area contributed by atoms with Crippen LogP contribution in [-0.4, -0.2) is 10.8 Å². The van der Waals surface area contributed by atoms with Crippen LogP contribution in [0.15, 0.2) is 24.3 Å². The number of benzene rings is 1. The van der Waals surface area contributed by atoms with Crippen LogP contribution in [0.2, 0.25) is 0 Å². The van der Waals surface area contributed by atoms with Gasteiger partial charge in [-0.25, -0.2) is 0 Å². The second kappa shape index (κ2) is 17.7. The lowest BCUT2D eigenvalue weighted by Gasteiger charge is -2.10. The van der Waals surface area contributed by atoms with Gasteiger partial charge >= 0.3 is 8.25 Å². The number of unbranched alkanes of at least 4 members (excludes halogenated alkanes) is 12. The van der Waals surface area contributed by atoms with Crippen molar-refractivity contribution >= 4 is 19.8 Å². The van der Waals surface area contributed by atoms with Gasteiger partial charge in [-0.05, 0) is 12.5 Å². The van der Waals surface area contributed by atoms with E-state index >= 15 is 0 Å². The van der Waals surface area contributed by atoms with Crippen molar-refractivity contribution in [3.63, 3.8) is 0 Å². The van der Waals surface area contributed by atoms with Gasteiger partial charge in [0.1, 0.15) is 0 Å². The summed E-state index contributed by atoms with van der Waals surface area (Å²) in [4.78, 5) is 21.0. The van der Waals surface area contributed by atoms with Crippen molar-refractivity contribution in [2.75, 3.05) is 5.32 Å². The number of nitrogens with one attached hydrogen (secondary N) is 1. The minimum Gasteiger partial charge on any atom is -0.326 e. The normalized spacial score (nSPS) is 12.1. The number of amides is 1. The largest absolute Gasteiger partial charge is 0.326 e. The molecule has 1 rings (SSSR count). The molecule has 0 spiro atoms. The first-order valence-electron chi connectivity index (χ1n) is 11.4. The van der Waals surface area contributed by atoms with Crippen LogP contribution in [0.1, 0.15) is 102 Å². The third-order valence-electron chi connectivity index (χ3n) is 5.15. The highest BCUT2D eigenvalue weighted by Crippen LogP contribution is 2.23. The van der Waals surface area contributed by atoms with E-state index in [2.05, 4.69) is 12.2 Å². The summed E-state index contributed by atoms with van der Waals surface area (Å²) in [6, 6.07) is 7.21. The van der Waals surface area contributed by atoms with E-state index in [0.717, 1.165) is 12.8 Å². The first-order valence-corrected chi connectivity index (χ1v) is 12.6. The van der Waals surface area contributed by atoms with E-state index in [1.54, 1.807) is 12.1 Å². The van der Waals surface area contributed by atoms with Crippen molar-refractivity contribution in [3.8, 4) is 0 Å². The van der Waals surface area contributed by atoms with Crippen LogP contribution in [0.4, 0.5) is 5.69 Å². The highest BCUT2D eigenvalue weighted by molar-refractivity contribution is 7.32. The third-order valence-corrected chi connectivity index (χ3v) is 5.54. The zero-order chi connectivity index (χ0) is 21.2. The Bertz CT molecular complexity index is 580. The number of anilines is 1. The van der Waals surface area contributed by atoms with Crippen molar-refractivity contribution < 1.29 is 18.8 Å². The molecule has 1 atom stereocenters. The molecule has 166 valence electrons. The number of carbonyl (C=O) groups is 1. The highest BCUT2D eigenvalue weighted by atomic mass is 31.1. The van der Waals surface area contributed by atoms with E-state index < -0.39 is 8.25 Å². The quantitative estimate of drug-likeness (QED) is 0.196. The lowest BCUT2D eigenvalue weighted by Crippen LogP contribution is -2.12. The highest BCUT2D eigenvalue weighted by Gasteiger charge is 2.07. The van der Waals surface area contributed by atoms with Crippen molar-refractivity contribution in [1.29, 1.82) is 0 Å². The topological polar surface area (TPSA) is 75.6 Å². The Morgan fingerprint density at radius 3 is 1.97 bits per heavy atom. The molecule has 0 aliphatic heterocycles. The molecule has 1 aromatic carbocycles. The zero-order valence-corrected chi connectivity index (χ0v) is 19.1. The maximum Gasteiger partial charge on any atom is 0.316 e. The van der Waals surface area contributed by atoms with Crippen molar-refractivity contribution in [2.24, 2.45) is 0 Å². The van der Waals surface area contributed by atoms with Gasteiger partial charge in [-0.3, -0.25) is 9.36 Å². The Morgan fingerprint density at radius 2 is 1.41 bits per heavy atom. The van der Waals surface area contributed by atoms with Gasteiger partial charge in [0.25, 0.3) is 0 Å². The predicted octanol–water partition coefficient (Wildman–Crippen LogP) is 7.01. The smallest absolute Gasteiger partial charge is 0.316 e. The van der Waals surface area contributed by atoms with Crippen molar-refractivity contribution in [3.05, 3.63) is 29.8 Å². The van der Waals surface area contributed by atoms with Gasteiger partial charge in [0.05, 0.1) is 6.61 Å². The van der Waals surface area contributed by atoms with Crippen LogP contribution in [0, 0.1) is 0 Å². The molecular formula is C23H40NO4P. The SMILES string of the molecule is CCCCCCCCCCCCCCCC(=O)Nc1ccccc1CO[PH](=O)O. The molecule has 0 radical (unpaired) electrons. The summed E-state index contributed by atoms with van der Waals surface area (Å²) in [6.07, 6.45) is 17.2. The molecule has 1 amide bonds. The molecule has 2 N–H and O–H groups in total. The maximum atomic E-state index is 12.1. The summed E-state index contributed by atoms with van der Waals surface area (Å²) >= 11 is 0. The number of para-hydroxylation sites is 1. The minimum absolute atomic E-state index is 0.0165. The molecule has 29 heavy (non-hydrogen) atoms. The van der Waals surface area contributed by atoms with E-state index in [9.17, 15) is 9.36 Å². The van der Waals surface area contributed by atoms with Gasteiger partial charge in [0, 0.05) is 17.7 Å². The Morgan fingerprint density at radius 1 is 0.897 bits per heavy atom. The molecule has 0 aliphatic rings. The van der Waals surface area contributed by atoms with E-state index in [1.165, 1.54) is 70.6 Å². The average molecular weight is 426 g/mol. The number of hydrogen-bond donors (Lipinski definition) is 2. The molecule has 0 aromatic heterocycles. The second-order valence-corrected chi connectivity index (χ2v) is 8.57. The lowest BCUT2D eigenvalue weighted by atomic mass is 10.0. The molecular weight excluding hydrogens is 385 g/mol. The summed E-state index contributed by atoms with van der Waals surface area (Å²) in [6.45, 7) is 2.27. The second-order valence-electron chi connectivity index (χ2n) is 7.75. The monoisotopic (exact) mass is 425 g/mol. The Hall–Kier alpha value is -1.16. The fourth-order valence-electron chi connectivity index (χ4n) is 3.42. The molecule has 0 bridgehead atoms. The van der Waals surface area contributed by atoms with Gasteiger partial charge in [-0.1, -0.05) is 102 Å². The van der Waals surface area contributed by atoms with Crippen molar-refractivity contribution in [2.45, 2.75) is 103 Å². The van der Waals surface area contributed by atoms with Gasteiger partial charge in [0.15, 0.2) is 0 Å². The van der Waals surface area contributed by atoms with Crippen LogP contribution in [0.5, 0.6) is 0 Å². The first-order chi connectivity index (χ1) is 14.1. The van der Waals surface area contributed by atoms with Crippen LogP contribution in [-0.2, 0) is 20.5 Å². The summed E-state index contributed by atoms with van der Waals surface area (Å²) in [5.41, 5.74) is 1.36. The van der Waals surface area contributed by atoms with E-state index in [-0.39, 0.29) is 12.5 Å². The molecule has 1 unspecified atom stereocenters. The summed E-state index contributed by atoms with van der Waals surface area (Å²) < 4.78 is 15.5. The summed E-state index contributed by atoms with van der Waals surface area (Å²) in [5, 5.41) is 2.89. The van der Waals surface area contributed by atoms with E-state index in [1.807, 2.05) is 12.1 Å². The van der Waals surface area contributed by atoms with E-state index in [4.69, 9.17) is 9.42 Å². The van der Waals surface area contributed by atoms with Crippen LogP contribution >= 0.6 is 8.25 Å². The molecule has 0 saturated heterocycles. The van der Waals surface area contributed by atoms with Crippen LogP contribution in [0.3, 0.4) is 0 Å². The maximum absolute atomic E-state index is 12.1. The minimum atomic E-state index is -2.97. The molecule has 0 heterocycles. The summed E-state index contributed by atoms with van der Waals surface area (Å²) in [7, 11) is -2.97. The van der Waals surface area contributed by atoms with E-state index in [0.29, 0.717) is 17.7 Å². The summed E-state index contributed by atoms with van der Waals surface area (Å²) in [5.74, 6) is -0.0165. The van der Waals surface area contributed by atoms with Gasteiger partial charge in [-0.15, -0.1) is 0 Å². The van der Waals surface area contributed by atoms with Crippen molar-refractivity contribution in [1.82, 2.24) is 0 Å². The average Bonchev–Trinajstić information content (AvgIpc) is 2.70. The van der Waals surface area contributed by atoms with Crippen LogP contribution in [0.25, 0.3) is 0 Å². The number of rotatable bonds is 18. The fourth-order valence-corrected chi connectivity index (χ4v) is 3.70. The number of carbonyl (C=O) groups excluding carboxylic acids is 1.